The van der Waals surface area contributed by atoms with Crippen LogP contribution in [0.3, 0.4) is 0 Å². The summed E-state index contributed by atoms with van der Waals surface area (Å²) in [6, 6.07) is 13.5. The molecule has 5 rings (SSSR count). The molecule has 2 aromatic rings. The number of rotatable bonds is 6. The second-order valence-corrected chi connectivity index (χ2v) is 15.3. The molecular formula is C40H46N2O12. The van der Waals surface area contributed by atoms with Gasteiger partial charge in [0.1, 0.15) is 22.0 Å². The molecule has 0 unspecified atom stereocenters. The Balaban J connectivity index is 2.07. The third kappa shape index (κ3) is 6.16. The highest BCUT2D eigenvalue weighted by molar-refractivity contribution is 6.03. The quantitative estimate of drug-likeness (QED) is 0.280. The zero-order valence-electron chi connectivity index (χ0n) is 32.0. The molecule has 2 heterocycles. The Morgan fingerprint density at radius 1 is 0.519 bits per heavy atom. The van der Waals surface area contributed by atoms with Gasteiger partial charge in [0.05, 0.1) is 51.7 Å². The van der Waals surface area contributed by atoms with E-state index in [0.717, 1.165) is 38.2 Å². The third-order valence-electron chi connectivity index (χ3n) is 9.89. The van der Waals surface area contributed by atoms with Gasteiger partial charge in [0, 0.05) is 24.2 Å². The Kier molecular flexibility index (Phi) is 10.5. The van der Waals surface area contributed by atoms with Crippen LogP contribution in [-0.4, -0.2) is 97.6 Å². The van der Waals surface area contributed by atoms with E-state index in [1.807, 2.05) is 0 Å². The van der Waals surface area contributed by atoms with Gasteiger partial charge in [-0.15, -0.1) is 0 Å². The summed E-state index contributed by atoms with van der Waals surface area (Å²) in [7, 11) is 4.52. The van der Waals surface area contributed by atoms with Gasteiger partial charge < -0.3 is 28.4 Å². The standard InChI is InChI=1S/C40H46N2O12/c1-37(2,3)53-35(47)41-21-25(29(43)49-7)27(23-17-13-11-14-18-23)39(33(45)51-9)31(41)40(34(46)52-10)28(24-19-15-12-16-20-24)26(30(44)50-8)22-42(32(39)40)36(48)54-38(4,5)6/h11-22,27-28,31-32H,1-10H3/t27-,28+,31?,32?,39?,40?. The maximum Gasteiger partial charge on any atom is 0.414 e. The van der Waals surface area contributed by atoms with Gasteiger partial charge in [0.2, 0.25) is 0 Å². The summed E-state index contributed by atoms with van der Waals surface area (Å²) in [6.45, 7) is 9.72. The Morgan fingerprint density at radius 2 is 0.833 bits per heavy atom. The molecule has 0 spiro atoms. The van der Waals surface area contributed by atoms with Crippen molar-refractivity contribution in [3.63, 3.8) is 0 Å². The van der Waals surface area contributed by atoms with E-state index < -0.39 is 82.0 Å². The van der Waals surface area contributed by atoms with Crippen molar-refractivity contribution in [2.45, 2.75) is 76.7 Å². The largest absolute Gasteiger partial charge is 0.468 e. The number of carbonyl (C=O) groups excluding carboxylic acids is 6. The lowest BCUT2D eigenvalue weighted by molar-refractivity contribution is -0.241. The van der Waals surface area contributed by atoms with Crippen LogP contribution in [0.2, 0.25) is 0 Å². The van der Waals surface area contributed by atoms with Crippen molar-refractivity contribution in [2.75, 3.05) is 28.4 Å². The number of hydrogen-bond donors (Lipinski definition) is 0. The molecule has 1 saturated carbocycles. The number of fused-ring (bicyclic) bond motifs is 4. The topological polar surface area (TPSA) is 164 Å². The zero-order valence-corrected chi connectivity index (χ0v) is 32.0. The zero-order chi connectivity index (χ0) is 40.0. The summed E-state index contributed by atoms with van der Waals surface area (Å²) in [5, 5.41) is 0. The number of methoxy groups -OCH3 is 4. The van der Waals surface area contributed by atoms with Crippen LogP contribution in [0, 0.1) is 10.8 Å². The second kappa shape index (κ2) is 14.3. The SMILES string of the molecule is COC(=O)C1=CN(C(=O)OC(C)(C)C)C2C(C(=O)OC)(C3N(C(=O)OC(C)(C)C)C=C(C(=O)OC)[C@H](c4ccccc4)C23C(=O)OC)[C@@H]1c1ccccc1. The van der Waals surface area contributed by atoms with Crippen LogP contribution in [0.15, 0.2) is 84.2 Å². The number of hydrogen-bond acceptors (Lipinski definition) is 12. The first kappa shape index (κ1) is 39.5. The summed E-state index contributed by atoms with van der Waals surface area (Å²) in [4.78, 5) is 89.2. The van der Waals surface area contributed by atoms with Gasteiger partial charge in [-0.1, -0.05) is 60.7 Å². The molecule has 14 nitrogen and oxygen atoms in total. The van der Waals surface area contributed by atoms with E-state index >= 15 is 9.59 Å². The molecule has 0 saturated heterocycles. The minimum absolute atomic E-state index is 0.183. The number of nitrogens with zero attached hydrogens (tertiary/aromatic N) is 2. The summed E-state index contributed by atoms with van der Waals surface area (Å²) < 4.78 is 33.4. The van der Waals surface area contributed by atoms with E-state index in [2.05, 4.69) is 0 Å². The van der Waals surface area contributed by atoms with E-state index in [0.29, 0.717) is 11.1 Å². The first-order valence-corrected chi connectivity index (χ1v) is 17.3. The Morgan fingerprint density at radius 3 is 1.09 bits per heavy atom. The van der Waals surface area contributed by atoms with Crippen molar-refractivity contribution in [1.82, 2.24) is 9.80 Å². The molecule has 14 heteroatoms. The first-order valence-electron chi connectivity index (χ1n) is 17.3. The number of carbonyl (C=O) groups is 6. The van der Waals surface area contributed by atoms with Crippen LogP contribution >= 0.6 is 0 Å². The highest BCUT2D eigenvalue weighted by atomic mass is 16.6. The summed E-state index contributed by atoms with van der Waals surface area (Å²) in [5.41, 5.74) is -6.25. The lowest BCUT2D eigenvalue weighted by Gasteiger charge is -2.73. The molecule has 54 heavy (non-hydrogen) atoms. The van der Waals surface area contributed by atoms with Crippen LogP contribution in [0.5, 0.6) is 0 Å². The van der Waals surface area contributed by atoms with Crippen LogP contribution in [-0.2, 0) is 47.6 Å². The van der Waals surface area contributed by atoms with Crippen molar-refractivity contribution >= 4 is 36.1 Å². The normalized spacial score (nSPS) is 26.0. The van der Waals surface area contributed by atoms with Crippen molar-refractivity contribution in [3.05, 3.63) is 95.3 Å². The van der Waals surface area contributed by atoms with Gasteiger partial charge >= 0.3 is 36.1 Å². The molecule has 0 N–H and O–H groups in total. The lowest BCUT2D eigenvalue weighted by atomic mass is 9.34. The molecule has 0 radical (unpaired) electrons. The molecule has 1 aliphatic carbocycles. The average Bonchev–Trinajstić information content (AvgIpc) is 3.13. The maximum atomic E-state index is 15.1. The summed E-state index contributed by atoms with van der Waals surface area (Å²) in [5.74, 6) is -6.49. The van der Waals surface area contributed by atoms with Crippen LogP contribution < -0.4 is 0 Å². The van der Waals surface area contributed by atoms with Crippen molar-refractivity contribution in [2.24, 2.45) is 10.8 Å². The van der Waals surface area contributed by atoms with Crippen LogP contribution in [0.4, 0.5) is 9.59 Å². The van der Waals surface area contributed by atoms with Gasteiger partial charge in [-0.25, -0.2) is 19.2 Å². The van der Waals surface area contributed by atoms with Crippen molar-refractivity contribution < 1.29 is 57.2 Å². The monoisotopic (exact) mass is 746 g/mol. The van der Waals surface area contributed by atoms with E-state index in [9.17, 15) is 19.2 Å². The number of esters is 4. The Bertz CT molecular complexity index is 1740. The van der Waals surface area contributed by atoms with Crippen LogP contribution in [0.25, 0.3) is 0 Å². The van der Waals surface area contributed by atoms with E-state index in [-0.39, 0.29) is 11.1 Å². The molecule has 2 aromatic carbocycles. The van der Waals surface area contributed by atoms with Crippen molar-refractivity contribution in [3.8, 4) is 0 Å². The van der Waals surface area contributed by atoms with Gasteiger partial charge in [-0.3, -0.25) is 19.4 Å². The molecule has 288 valence electrons. The van der Waals surface area contributed by atoms with Gasteiger partial charge in [-0.05, 0) is 52.7 Å². The molecule has 1 fully saturated rings. The number of amides is 2. The number of benzene rings is 2. The predicted octanol–water partition coefficient (Wildman–Crippen LogP) is 5.24. The molecule has 0 bridgehead atoms. The Labute approximate surface area is 313 Å². The van der Waals surface area contributed by atoms with E-state index in [1.54, 1.807) is 102 Å². The summed E-state index contributed by atoms with van der Waals surface area (Å²) >= 11 is 0. The maximum absolute atomic E-state index is 15.1. The molecular weight excluding hydrogens is 700 g/mol. The molecule has 2 aliphatic heterocycles. The second-order valence-electron chi connectivity index (χ2n) is 15.3. The van der Waals surface area contributed by atoms with Gasteiger partial charge in [-0.2, -0.15) is 0 Å². The molecule has 2 amide bonds. The molecule has 0 atom stereocenters. The summed E-state index contributed by atoms with van der Waals surface area (Å²) in [6.07, 6.45) is 0.279. The lowest BCUT2D eigenvalue weighted by Crippen LogP contribution is -2.89. The predicted molar refractivity (Wildman–Crippen MR) is 191 cm³/mol. The number of ether oxygens (including phenoxy) is 6. The van der Waals surface area contributed by atoms with E-state index in [4.69, 9.17) is 28.4 Å². The fourth-order valence-corrected chi connectivity index (χ4v) is 8.42. The third-order valence-corrected chi connectivity index (χ3v) is 9.89. The highest BCUT2D eigenvalue weighted by Gasteiger charge is 2.89. The Hall–Kier alpha value is -5.66. The molecule has 0 aromatic heterocycles. The first-order chi connectivity index (χ1) is 25.4. The minimum Gasteiger partial charge on any atom is -0.468 e. The average molecular weight is 747 g/mol. The van der Waals surface area contributed by atoms with Crippen molar-refractivity contribution in [1.29, 1.82) is 0 Å². The fraction of sp³-hybridized carbons (Fsp3) is 0.450. The van der Waals surface area contributed by atoms with Gasteiger partial charge in [0.15, 0.2) is 0 Å². The smallest absolute Gasteiger partial charge is 0.414 e. The minimum atomic E-state index is -2.21. The fourth-order valence-electron chi connectivity index (χ4n) is 8.42. The van der Waals surface area contributed by atoms with Crippen LogP contribution in [0.1, 0.15) is 64.5 Å². The van der Waals surface area contributed by atoms with Gasteiger partial charge in [0.25, 0.3) is 0 Å². The highest BCUT2D eigenvalue weighted by Crippen LogP contribution is 2.75. The molecule has 3 aliphatic rings. The van der Waals surface area contributed by atoms with E-state index in [1.165, 1.54) is 12.4 Å².